The standard InChI is InChI=1S/C16H18BrNO3/c1-10-3-2-4-16(7-10,8-18)15(19)11-5-12(17)14-13(6-11)20-9-21-14/h5-6,10,15,19H,2-4,7,9H2,1H3. The molecule has 1 N–H and O–H groups in total. The molecule has 0 aromatic heterocycles. The first kappa shape index (κ1) is 14.7. The zero-order valence-electron chi connectivity index (χ0n) is 11.9. The van der Waals surface area contributed by atoms with Gasteiger partial charge in [-0.25, -0.2) is 0 Å². The molecule has 112 valence electrons. The molecule has 3 rings (SSSR count). The van der Waals surface area contributed by atoms with E-state index in [1.807, 2.05) is 6.07 Å². The van der Waals surface area contributed by atoms with Crippen molar-refractivity contribution in [3.63, 3.8) is 0 Å². The van der Waals surface area contributed by atoms with E-state index < -0.39 is 11.5 Å². The molecular weight excluding hydrogens is 334 g/mol. The summed E-state index contributed by atoms with van der Waals surface area (Å²) < 4.78 is 11.5. The maximum Gasteiger partial charge on any atom is 0.231 e. The second kappa shape index (κ2) is 5.51. The molecule has 1 aliphatic heterocycles. The van der Waals surface area contributed by atoms with E-state index in [2.05, 4.69) is 28.9 Å². The molecule has 4 nitrogen and oxygen atoms in total. The van der Waals surface area contributed by atoms with E-state index in [-0.39, 0.29) is 6.79 Å². The first-order valence-electron chi connectivity index (χ1n) is 7.24. The van der Waals surface area contributed by atoms with E-state index >= 15 is 0 Å². The van der Waals surface area contributed by atoms with Gasteiger partial charge in [0.25, 0.3) is 0 Å². The van der Waals surface area contributed by atoms with Crippen LogP contribution in [0.25, 0.3) is 0 Å². The third-order valence-corrected chi connectivity index (χ3v) is 5.13. The lowest BCUT2D eigenvalue weighted by Gasteiger charge is -2.38. The van der Waals surface area contributed by atoms with Crippen LogP contribution in [0.5, 0.6) is 11.5 Å². The fourth-order valence-corrected chi connectivity index (χ4v) is 4.04. The van der Waals surface area contributed by atoms with Crippen LogP contribution in [0, 0.1) is 22.7 Å². The highest BCUT2D eigenvalue weighted by molar-refractivity contribution is 9.10. The van der Waals surface area contributed by atoms with Gasteiger partial charge in [0.15, 0.2) is 11.5 Å². The van der Waals surface area contributed by atoms with Crippen LogP contribution >= 0.6 is 15.9 Å². The molecule has 3 atom stereocenters. The second-order valence-corrected chi connectivity index (χ2v) is 6.96. The van der Waals surface area contributed by atoms with Crippen molar-refractivity contribution in [1.29, 1.82) is 5.26 Å². The zero-order chi connectivity index (χ0) is 15.0. The highest BCUT2D eigenvalue weighted by Crippen LogP contribution is 2.50. The number of hydrogen-bond donors (Lipinski definition) is 1. The van der Waals surface area contributed by atoms with Gasteiger partial charge in [-0.05, 0) is 52.4 Å². The smallest absolute Gasteiger partial charge is 0.231 e. The second-order valence-electron chi connectivity index (χ2n) is 6.11. The van der Waals surface area contributed by atoms with Gasteiger partial charge in [-0.1, -0.05) is 19.8 Å². The monoisotopic (exact) mass is 351 g/mol. The van der Waals surface area contributed by atoms with Crippen LogP contribution in [0.15, 0.2) is 16.6 Å². The Hall–Kier alpha value is -1.25. The van der Waals surface area contributed by atoms with Gasteiger partial charge < -0.3 is 14.6 Å². The molecule has 1 aromatic carbocycles. The Bertz CT molecular complexity index is 598. The molecule has 0 saturated heterocycles. The Morgan fingerprint density at radius 2 is 2.29 bits per heavy atom. The molecule has 3 unspecified atom stereocenters. The van der Waals surface area contributed by atoms with Crippen molar-refractivity contribution >= 4 is 15.9 Å². The number of benzene rings is 1. The lowest BCUT2D eigenvalue weighted by molar-refractivity contribution is 0.0218. The molecule has 5 heteroatoms. The van der Waals surface area contributed by atoms with Crippen LogP contribution in [-0.4, -0.2) is 11.9 Å². The van der Waals surface area contributed by atoms with Gasteiger partial charge in [-0.2, -0.15) is 5.26 Å². The fourth-order valence-electron chi connectivity index (χ4n) is 3.47. The average molecular weight is 352 g/mol. The Morgan fingerprint density at radius 1 is 1.48 bits per heavy atom. The lowest BCUT2D eigenvalue weighted by atomic mass is 9.66. The SMILES string of the molecule is CC1CCCC(C#N)(C(O)c2cc(Br)c3c(c2)OCO3)C1. The summed E-state index contributed by atoms with van der Waals surface area (Å²) >= 11 is 3.44. The van der Waals surface area contributed by atoms with Gasteiger partial charge in [-0.3, -0.25) is 0 Å². The number of aliphatic hydroxyl groups excluding tert-OH is 1. The number of nitriles is 1. The van der Waals surface area contributed by atoms with Gasteiger partial charge in [0.05, 0.1) is 22.1 Å². The number of hydrogen-bond acceptors (Lipinski definition) is 4. The maximum absolute atomic E-state index is 10.8. The number of halogens is 1. The molecule has 1 aliphatic carbocycles. The minimum absolute atomic E-state index is 0.188. The van der Waals surface area contributed by atoms with Crippen molar-refractivity contribution in [1.82, 2.24) is 0 Å². The largest absolute Gasteiger partial charge is 0.454 e. The minimum atomic E-state index is -0.809. The zero-order valence-corrected chi connectivity index (χ0v) is 13.5. The van der Waals surface area contributed by atoms with Crippen LogP contribution in [0.2, 0.25) is 0 Å². The number of aliphatic hydroxyl groups is 1. The molecule has 1 fully saturated rings. The van der Waals surface area contributed by atoms with Crippen LogP contribution in [0.1, 0.15) is 44.3 Å². The third kappa shape index (κ3) is 2.51. The number of fused-ring (bicyclic) bond motifs is 1. The van der Waals surface area contributed by atoms with Gasteiger partial charge in [-0.15, -0.1) is 0 Å². The van der Waals surface area contributed by atoms with E-state index in [1.165, 1.54) is 0 Å². The molecule has 0 spiro atoms. The summed E-state index contributed by atoms with van der Waals surface area (Å²) in [5.41, 5.74) is 0.00641. The molecule has 1 heterocycles. The maximum atomic E-state index is 10.8. The molecule has 1 saturated carbocycles. The lowest BCUT2D eigenvalue weighted by Crippen LogP contribution is -2.32. The topological polar surface area (TPSA) is 62.5 Å². The van der Waals surface area contributed by atoms with Gasteiger partial charge >= 0.3 is 0 Å². The quantitative estimate of drug-likeness (QED) is 0.876. The molecule has 21 heavy (non-hydrogen) atoms. The molecule has 0 bridgehead atoms. The number of ether oxygens (including phenoxy) is 2. The summed E-state index contributed by atoms with van der Waals surface area (Å²) in [6.07, 6.45) is 2.77. The summed E-state index contributed by atoms with van der Waals surface area (Å²) in [7, 11) is 0. The summed E-state index contributed by atoms with van der Waals surface area (Å²) in [5.74, 6) is 1.75. The first-order chi connectivity index (χ1) is 10.1. The Morgan fingerprint density at radius 3 is 3.00 bits per heavy atom. The van der Waals surface area contributed by atoms with Gasteiger partial charge in [0, 0.05) is 0 Å². The Labute approximate surface area is 132 Å². The Kier molecular flexibility index (Phi) is 3.85. The molecule has 0 amide bonds. The highest BCUT2D eigenvalue weighted by atomic mass is 79.9. The predicted molar refractivity (Wildman–Crippen MR) is 80.9 cm³/mol. The summed E-state index contributed by atoms with van der Waals surface area (Å²) in [6, 6.07) is 6.01. The third-order valence-electron chi connectivity index (χ3n) is 4.54. The first-order valence-corrected chi connectivity index (χ1v) is 8.03. The summed E-state index contributed by atoms with van der Waals surface area (Å²) in [5, 5.41) is 20.5. The predicted octanol–water partition coefficient (Wildman–Crippen LogP) is 3.93. The van der Waals surface area contributed by atoms with E-state index in [1.54, 1.807) is 6.07 Å². The highest BCUT2D eigenvalue weighted by Gasteiger charge is 2.43. The number of rotatable bonds is 2. The van der Waals surface area contributed by atoms with E-state index in [0.29, 0.717) is 23.0 Å². The van der Waals surface area contributed by atoms with Gasteiger partial charge in [0.2, 0.25) is 6.79 Å². The molecule has 2 aliphatic rings. The van der Waals surface area contributed by atoms with Crippen LogP contribution in [0.3, 0.4) is 0 Å². The normalized spacial score (nSPS) is 29.0. The van der Waals surface area contributed by atoms with Crippen molar-refractivity contribution in [2.45, 2.75) is 38.7 Å². The van der Waals surface area contributed by atoms with Crippen LogP contribution in [-0.2, 0) is 0 Å². The van der Waals surface area contributed by atoms with E-state index in [0.717, 1.165) is 30.2 Å². The van der Waals surface area contributed by atoms with Crippen molar-refractivity contribution in [3.05, 3.63) is 22.2 Å². The van der Waals surface area contributed by atoms with Crippen molar-refractivity contribution < 1.29 is 14.6 Å². The van der Waals surface area contributed by atoms with Crippen LogP contribution in [0.4, 0.5) is 0 Å². The summed E-state index contributed by atoms with van der Waals surface area (Å²) in [6.45, 7) is 2.33. The van der Waals surface area contributed by atoms with E-state index in [4.69, 9.17) is 9.47 Å². The van der Waals surface area contributed by atoms with E-state index in [9.17, 15) is 10.4 Å². The number of nitrogens with zero attached hydrogens (tertiary/aromatic N) is 1. The molecule has 0 radical (unpaired) electrons. The van der Waals surface area contributed by atoms with Gasteiger partial charge in [0.1, 0.15) is 0 Å². The fraction of sp³-hybridized carbons (Fsp3) is 0.562. The molecule has 1 aromatic rings. The van der Waals surface area contributed by atoms with Crippen molar-refractivity contribution in [2.24, 2.45) is 11.3 Å². The Balaban J connectivity index is 1.96. The van der Waals surface area contributed by atoms with Crippen molar-refractivity contribution in [2.75, 3.05) is 6.79 Å². The minimum Gasteiger partial charge on any atom is -0.454 e. The van der Waals surface area contributed by atoms with Crippen LogP contribution < -0.4 is 9.47 Å². The average Bonchev–Trinajstić information content (AvgIpc) is 2.95. The summed E-state index contributed by atoms with van der Waals surface area (Å²) in [4.78, 5) is 0. The van der Waals surface area contributed by atoms with Crippen molar-refractivity contribution in [3.8, 4) is 17.6 Å². The molecular formula is C16H18BrNO3.